The van der Waals surface area contributed by atoms with Gasteiger partial charge >= 0.3 is 5.97 Å². The molecule has 0 aromatic carbocycles. The van der Waals surface area contributed by atoms with Crippen molar-refractivity contribution in [3.05, 3.63) is 0 Å². The first-order valence-corrected chi connectivity index (χ1v) is 6.01. The Balaban J connectivity index is 4.81. The highest BCUT2D eigenvalue weighted by atomic mass is 16.6. The van der Waals surface area contributed by atoms with Gasteiger partial charge in [0, 0.05) is 0 Å². The van der Waals surface area contributed by atoms with Crippen LogP contribution in [0.3, 0.4) is 0 Å². The normalized spacial score (nSPS) is 20.9. The lowest BCUT2D eigenvalue weighted by Gasteiger charge is -2.26. The van der Waals surface area contributed by atoms with Gasteiger partial charge in [0.25, 0.3) is 0 Å². The first kappa shape index (κ1) is 20.5. The molecule has 128 valence electrons. The van der Waals surface area contributed by atoms with E-state index in [-0.39, 0.29) is 12.6 Å². The molecule has 0 aliphatic heterocycles. The molecular formula is C11H18O11. The number of carbonyl (C=O) groups is 3. The van der Waals surface area contributed by atoms with Gasteiger partial charge in [-0.25, -0.2) is 4.79 Å². The minimum atomic E-state index is -2.45. The largest absolute Gasteiger partial charge is 0.450 e. The molecule has 7 atom stereocenters. The average molecular weight is 326 g/mol. The molecule has 11 nitrogen and oxygen atoms in total. The molecule has 0 unspecified atom stereocenters. The van der Waals surface area contributed by atoms with Gasteiger partial charge in [-0.2, -0.15) is 0 Å². The Bertz CT molecular complexity index is 373. The highest BCUT2D eigenvalue weighted by Crippen LogP contribution is 2.09. The molecule has 0 saturated carbocycles. The van der Waals surface area contributed by atoms with Crippen LogP contribution >= 0.6 is 0 Å². The minimum absolute atomic E-state index is 0.1000. The number of hydrogen-bond acceptors (Lipinski definition) is 11. The van der Waals surface area contributed by atoms with E-state index in [0.29, 0.717) is 0 Å². The number of aliphatic hydroxyl groups excluding tert-OH is 7. The first-order valence-electron chi connectivity index (χ1n) is 6.01. The van der Waals surface area contributed by atoms with Crippen molar-refractivity contribution in [3.8, 4) is 0 Å². The maximum Gasteiger partial charge on any atom is 0.338 e. The summed E-state index contributed by atoms with van der Waals surface area (Å²) in [4.78, 5) is 32.3. The van der Waals surface area contributed by atoms with E-state index in [9.17, 15) is 34.8 Å². The number of aliphatic hydroxyl groups is 7. The van der Waals surface area contributed by atoms with Gasteiger partial charge in [0.05, 0.1) is 6.61 Å². The number of aldehydes is 2. The summed E-state index contributed by atoms with van der Waals surface area (Å²) >= 11 is 0. The smallest absolute Gasteiger partial charge is 0.338 e. The van der Waals surface area contributed by atoms with E-state index in [0.717, 1.165) is 0 Å². The highest BCUT2D eigenvalue weighted by molar-refractivity contribution is 5.77. The van der Waals surface area contributed by atoms with E-state index < -0.39 is 55.3 Å². The molecule has 0 fully saturated rings. The fourth-order valence-corrected chi connectivity index (χ4v) is 1.32. The molecule has 0 aliphatic rings. The molecule has 0 aromatic rings. The molecule has 0 heterocycles. The third kappa shape index (κ3) is 5.38. The highest BCUT2D eigenvalue weighted by Gasteiger charge is 2.38. The zero-order valence-corrected chi connectivity index (χ0v) is 11.2. The number of hydrogen-bond donors (Lipinski definition) is 7. The van der Waals surface area contributed by atoms with Gasteiger partial charge in [0.2, 0.25) is 0 Å². The number of rotatable bonds is 10. The van der Waals surface area contributed by atoms with Crippen molar-refractivity contribution < 1.29 is 54.9 Å². The summed E-state index contributed by atoms with van der Waals surface area (Å²) in [7, 11) is 0. The van der Waals surface area contributed by atoms with Crippen LogP contribution in [-0.2, 0) is 19.1 Å². The zero-order chi connectivity index (χ0) is 17.4. The third-order valence-electron chi connectivity index (χ3n) is 2.71. The quantitative estimate of drug-likeness (QED) is 0.149. The van der Waals surface area contributed by atoms with Crippen LogP contribution in [0.5, 0.6) is 0 Å². The summed E-state index contributed by atoms with van der Waals surface area (Å²) in [6.07, 6.45) is -15.1. The Kier molecular flexibility index (Phi) is 8.89. The molecule has 7 N–H and O–H groups in total. The fourth-order valence-electron chi connectivity index (χ4n) is 1.32. The van der Waals surface area contributed by atoms with Gasteiger partial charge in [0.1, 0.15) is 30.5 Å². The Labute approximate surface area is 124 Å². The standard InChI is InChI=1S/C11H18O11/c12-1-4(15)7(17)6(3-14)22-11(21)10(20)9(19)8(18)5(16)2-13/h2-10,12,15-20H,1H2/t4-,5+,6+,7+,8-,9-,10+/m1/s1. The van der Waals surface area contributed by atoms with Gasteiger partial charge in [0.15, 0.2) is 24.8 Å². The van der Waals surface area contributed by atoms with Crippen LogP contribution in [0.15, 0.2) is 0 Å². The van der Waals surface area contributed by atoms with Crippen molar-refractivity contribution in [2.24, 2.45) is 0 Å². The van der Waals surface area contributed by atoms with Gasteiger partial charge in [-0.1, -0.05) is 0 Å². The van der Waals surface area contributed by atoms with Crippen LogP contribution in [0.1, 0.15) is 0 Å². The van der Waals surface area contributed by atoms with Crippen LogP contribution in [0, 0.1) is 0 Å². The predicted molar refractivity (Wildman–Crippen MR) is 65.1 cm³/mol. The van der Waals surface area contributed by atoms with Crippen molar-refractivity contribution in [2.45, 2.75) is 42.7 Å². The van der Waals surface area contributed by atoms with Crippen LogP contribution in [0.25, 0.3) is 0 Å². The third-order valence-corrected chi connectivity index (χ3v) is 2.71. The van der Waals surface area contributed by atoms with E-state index in [4.69, 9.17) is 15.3 Å². The molecule has 0 rings (SSSR count). The summed E-state index contributed by atoms with van der Waals surface area (Å²) in [5, 5.41) is 64.1. The second-order valence-electron chi connectivity index (χ2n) is 4.33. The van der Waals surface area contributed by atoms with E-state index in [1.807, 2.05) is 0 Å². The van der Waals surface area contributed by atoms with E-state index >= 15 is 0 Å². The van der Waals surface area contributed by atoms with E-state index in [1.54, 1.807) is 0 Å². The number of carbonyl (C=O) groups excluding carboxylic acids is 3. The molecule has 11 heteroatoms. The van der Waals surface area contributed by atoms with Crippen molar-refractivity contribution in [1.29, 1.82) is 0 Å². The van der Waals surface area contributed by atoms with Crippen LogP contribution in [0.2, 0.25) is 0 Å². The lowest BCUT2D eigenvalue weighted by molar-refractivity contribution is -0.183. The van der Waals surface area contributed by atoms with Crippen molar-refractivity contribution in [2.75, 3.05) is 6.61 Å². The molecule has 22 heavy (non-hydrogen) atoms. The van der Waals surface area contributed by atoms with Crippen LogP contribution in [0.4, 0.5) is 0 Å². The maximum absolute atomic E-state index is 11.5. The molecule has 0 saturated heterocycles. The summed E-state index contributed by atoms with van der Waals surface area (Å²) in [5.74, 6) is -1.68. The molecule has 0 aromatic heterocycles. The molecule has 0 amide bonds. The maximum atomic E-state index is 11.5. The number of ether oxygens (including phenoxy) is 1. The molecule has 0 radical (unpaired) electrons. The summed E-state index contributed by atoms with van der Waals surface area (Å²) in [6.45, 7) is -0.946. The fraction of sp³-hybridized carbons (Fsp3) is 0.727. The molecule has 0 spiro atoms. The summed E-state index contributed by atoms with van der Waals surface area (Å²) < 4.78 is 4.31. The summed E-state index contributed by atoms with van der Waals surface area (Å²) in [6, 6.07) is 0. The summed E-state index contributed by atoms with van der Waals surface area (Å²) in [5.41, 5.74) is 0. The number of esters is 1. The predicted octanol–water partition coefficient (Wildman–Crippen LogP) is -5.55. The van der Waals surface area contributed by atoms with Crippen molar-refractivity contribution in [3.63, 3.8) is 0 Å². The lowest BCUT2D eigenvalue weighted by atomic mass is 10.0. The minimum Gasteiger partial charge on any atom is -0.450 e. The van der Waals surface area contributed by atoms with Crippen LogP contribution in [-0.4, -0.2) is 104 Å². The Morgan fingerprint density at radius 3 is 1.86 bits per heavy atom. The van der Waals surface area contributed by atoms with Gasteiger partial charge in [-0.3, -0.25) is 4.79 Å². The van der Waals surface area contributed by atoms with Gasteiger partial charge in [-0.15, -0.1) is 0 Å². The lowest BCUT2D eigenvalue weighted by Crippen LogP contribution is -2.51. The zero-order valence-electron chi connectivity index (χ0n) is 11.2. The topological polar surface area (TPSA) is 202 Å². The first-order chi connectivity index (χ1) is 10.2. The van der Waals surface area contributed by atoms with E-state index in [2.05, 4.69) is 4.74 Å². The Morgan fingerprint density at radius 2 is 1.45 bits per heavy atom. The molecular weight excluding hydrogens is 308 g/mol. The molecule has 0 aliphatic carbocycles. The van der Waals surface area contributed by atoms with Gasteiger partial charge in [-0.05, 0) is 0 Å². The van der Waals surface area contributed by atoms with Crippen LogP contribution < -0.4 is 0 Å². The molecule has 0 bridgehead atoms. The monoisotopic (exact) mass is 326 g/mol. The second kappa shape index (κ2) is 9.53. The van der Waals surface area contributed by atoms with E-state index in [1.165, 1.54) is 0 Å². The van der Waals surface area contributed by atoms with Crippen molar-refractivity contribution in [1.82, 2.24) is 0 Å². The Morgan fingerprint density at radius 1 is 0.909 bits per heavy atom. The Hall–Kier alpha value is -1.47. The SMILES string of the molecule is O=C[C@H](OC(=O)[C@@H](O)[C@H](O)[C@H](O)[C@@H](O)C=O)[C@@H](O)[C@H](O)CO. The van der Waals surface area contributed by atoms with Crippen molar-refractivity contribution >= 4 is 18.5 Å². The average Bonchev–Trinajstić information content (AvgIpc) is 2.54. The van der Waals surface area contributed by atoms with Gasteiger partial charge < -0.3 is 45.3 Å². The second-order valence-corrected chi connectivity index (χ2v) is 4.33.